The van der Waals surface area contributed by atoms with Crippen molar-refractivity contribution in [2.24, 2.45) is 0 Å². The average molecular weight is 731 g/mol. The molecule has 0 spiro atoms. The molecule has 2 N–H and O–H groups in total. The van der Waals surface area contributed by atoms with Crippen LogP contribution in [-0.2, 0) is 27.5 Å². The number of piperazine rings is 1. The molecule has 0 saturated carbocycles. The summed E-state index contributed by atoms with van der Waals surface area (Å²) < 4.78 is 11.8. The van der Waals surface area contributed by atoms with Crippen LogP contribution >= 0.6 is 23.2 Å². The van der Waals surface area contributed by atoms with Crippen LogP contribution in [0.4, 0.5) is 0 Å². The molecular formula is C39H37Cl2N3O7. The van der Waals surface area contributed by atoms with Gasteiger partial charge >= 0.3 is 11.9 Å². The number of ether oxygens (including phenoxy) is 2. The third-order valence-corrected chi connectivity index (χ3v) is 8.26. The third kappa shape index (κ3) is 12.4. The van der Waals surface area contributed by atoms with Crippen LogP contribution in [0.2, 0.25) is 10.0 Å². The summed E-state index contributed by atoms with van der Waals surface area (Å²) in [5.41, 5.74) is 4.92. The van der Waals surface area contributed by atoms with Gasteiger partial charge in [0.2, 0.25) is 11.8 Å². The van der Waals surface area contributed by atoms with Gasteiger partial charge in [0.25, 0.3) is 0 Å². The van der Waals surface area contributed by atoms with Gasteiger partial charge in [0.1, 0.15) is 12.4 Å². The van der Waals surface area contributed by atoms with E-state index in [2.05, 4.69) is 40.7 Å². The number of amides is 1. The highest BCUT2D eigenvalue weighted by molar-refractivity contribution is 6.32. The number of carboxylic acids is 2. The Bertz CT molecular complexity index is 1850. The van der Waals surface area contributed by atoms with Gasteiger partial charge in [-0.25, -0.2) is 14.6 Å². The van der Waals surface area contributed by atoms with Crippen LogP contribution in [0.1, 0.15) is 27.8 Å². The normalized spacial score (nSPS) is 13.0. The number of nitrogens with zero attached hydrogens (tertiary/aromatic N) is 3. The number of aryl methyl sites for hydroxylation is 1. The van der Waals surface area contributed by atoms with Crippen LogP contribution in [0.15, 0.2) is 104 Å². The largest absolute Gasteiger partial charge is 0.487 e. The summed E-state index contributed by atoms with van der Waals surface area (Å²) in [6.45, 7) is 9.98. The number of aliphatic carboxylic acids is 2. The molecule has 1 fully saturated rings. The summed E-state index contributed by atoms with van der Waals surface area (Å²) in [5, 5.41) is 16.7. The zero-order valence-electron chi connectivity index (χ0n) is 27.9. The van der Waals surface area contributed by atoms with E-state index < -0.39 is 11.9 Å². The lowest BCUT2D eigenvalue weighted by Gasteiger charge is -2.34. The maximum atomic E-state index is 12.9. The first-order valence-electron chi connectivity index (χ1n) is 15.9. The lowest BCUT2D eigenvalue weighted by Crippen LogP contribution is -2.47. The molecule has 1 amide bonds. The van der Waals surface area contributed by atoms with Gasteiger partial charge in [-0.3, -0.25) is 9.69 Å². The summed E-state index contributed by atoms with van der Waals surface area (Å²) in [4.78, 5) is 40.6. The first-order valence-corrected chi connectivity index (χ1v) is 16.6. The Labute approximate surface area is 306 Å². The van der Waals surface area contributed by atoms with E-state index in [0.717, 1.165) is 41.9 Å². The number of hydrogen-bond donors (Lipinski definition) is 2. The van der Waals surface area contributed by atoms with E-state index in [-0.39, 0.29) is 5.91 Å². The van der Waals surface area contributed by atoms with Crippen LogP contribution in [0.3, 0.4) is 0 Å². The van der Waals surface area contributed by atoms with Crippen molar-refractivity contribution >= 4 is 53.2 Å². The summed E-state index contributed by atoms with van der Waals surface area (Å²) in [5.74, 6) is -1.02. The van der Waals surface area contributed by atoms with Crippen molar-refractivity contribution in [2.45, 2.75) is 20.1 Å². The molecule has 0 bridgehead atoms. The Kier molecular flexibility index (Phi) is 14.4. The second-order valence-corrected chi connectivity index (χ2v) is 12.2. The minimum atomic E-state index is -1.26. The van der Waals surface area contributed by atoms with E-state index in [1.807, 2.05) is 48.2 Å². The fourth-order valence-electron chi connectivity index (χ4n) is 4.94. The highest BCUT2D eigenvalue weighted by Crippen LogP contribution is 2.34. The Morgan fingerprint density at radius 1 is 0.863 bits per heavy atom. The SMILES string of the molecule is C=Cc1ccc(CN2CCN(C(=O)/C=C/c3cc(C)c(Oc4ccc(OCc5ccccc5Cl)cn4)c(Cl)c3)CC2)cc1.O=C(O)/C=C\C(=O)O. The number of carboxylic acid groups (broad SMARTS) is 2. The van der Waals surface area contributed by atoms with Crippen molar-refractivity contribution < 1.29 is 34.1 Å². The van der Waals surface area contributed by atoms with Crippen molar-refractivity contribution in [3.8, 4) is 17.4 Å². The number of halogens is 2. The first kappa shape index (κ1) is 38.4. The highest BCUT2D eigenvalue weighted by atomic mass is 35.5. The molecule has 1 aromatic heterocycles. The van der Waals surface area contributed by atoms with Gasteiger partial charge < -0.3 is 24.6 Å². The number of benzene rings is 3. The molecule has 5 rings (SSSR count). The lowest BCUT2D eigenvalue weighted by atomic mass is 10.1. The van der Waals surface area contributed by atoms with Crippen LogP contribution in [0, 0.1) is 6.92 Å². The van der Waals surface area contributed by atoms with E-state index in [1.165, 1.54) is 5.56 Å². The van der Waals surface area contributed by atoms with Gasteiger partial charge in [-0.15, -0.1) is 0 Å². The molecule has 1 aliphatic heterocycles. The van der Waals surface area contributed by atoms with E-state index >= 15 is 0 Å². The number of hydrogen-bond acceptors (Lipinski definition) is 7. The highest BCUT2D eigenvalue weighted by Gasteiger charge is 2.20. The Morgan fingerprint density at radius 2 is 1.55 bits per heavy atom. The van der Waals surface area contributed by atoms with Crippen LogP contribution in [0.25, 0.3) is 12.2 Å². The predicted octanol–water partition coefficient (Wildman–Crippen LogP) is 7.78. The molecule has 264 valence electrons. The van der Waals surface area contributed by atoms with Crippen LogP contribution < -0.4 is 9.47 Å². The quantitative estimate of drug-likeness (QED) is 0.140. The smallest absolute Gasteiger partial charge is 0.328 e. The van der Waals surface area contributed by atoms with Gasteiger partial charge in [-0.1, -0.05) is 78.3 Å². The van der Waals surface area contributed by atoms with Gasteiger partial charge in [0, 0.05) is 67.6 Å². The minimum absolute atomic E-state index is 0.00914. The molecule has 0 unspecified atom stereocenters. The minimum Gasteiger partial charge on any atom is -0.487 e. The number of carbonyl (C=O) groups is 3. The van der Waals surface area contributed by atoms with E-state index in [0.29, 0.717) is 59.3 Å². The van der Waals surface area contributed by atoms with Crippen molar-refractivity contribution in [1.82, 2.24) is 14.8 Å². The molecule has 0 radical (unpaired) electrons. The van der Waals surface area contributed by atoms with Crippen LogP contribution in [0.5, 0.6) is 17.4 Å². The fraction of sp³-hybridized carbons (Fsp3) is 0.179. The Balaban J connectivity index is 0.000000652. The number of pyridine rings is 1. The summed E-state index contributed by atoms with van der Waals surface area (Å²) in [7, 11) is 0. The molecule has 10 nitrogen and oxygen atoms in total. The van der Waals surface area contributed by atoms with E-state index in [4.69, 9.17) is 42.9 Å². The topological polar surface area (TPSA) is 130 Å². The summed E-state index contributed by atoms with van der Waals surface area (Å²) in [6, 6.07) is 23.2. The molecule has 3 aromatic carbocycles. The fourth-order valence-corrected chi connectivity index (χ4v) is 5.44. The summed E-state index contributed by atoms with van der Waals surface area (Å²) >= 11 is 12.8. The lowest BCUT2D eigenvalue weighted by molar-refractivity contribution is -0.134. The van der Waals surface area contributed by atoms with E-state index in [1.54, 1.807) is 36.5 Å². The Morgan fingerprint density at radius 3 is 2.14 bits per heavy atom. The van der Waals surface area contributed by atoms with Crippen molar-refractivity contribution in [3.05, 3.63) is 142 Å². The van der Waals surface area contributed by atoms with Crippen molar-refractivity contribution in [2.75, 3.05) is 26.2 Å². The zero-order chi connectivity index (χ0) is 36.8. The molecular weight excluding hydrogens is 693 g/mol. The predicted molar refractivity (Wildman–Crippen MR) is 198 cm³/mol. The molecule has 12 heteroatoms. The monoisotopic (exact) mass is 729 g/mol. The van der Waals surface area contributed by atoms with Gasteiger partial charge in [0.05, 0.1) is 11.2 Å². The molecule has 0 aliphatic carbocycles. The van der Waals surface area contributed by atoms with Crippen molar-refractivity contribution in [3.63, 3.8) is 0 Å². The maximum Gasteiger partial charge on any atom is 0.328 e. The average Bonchev–Trinajstić information content (AvgIpc) is 3.12. The number of rotatable bonds is 12. The Hall–Kier alpha value is -5.42. The number of carbonyl (C=O) groups excluding carboxylic acids is 1. The van der Waals surface area contributed by atoms with E-state index in [9.17, 15) is 14.4 Å². The molecule has 2 heterocycles. The molecule has 1 saturated heterocycles. The summed E-state index contributed by atoms with van der Waals surface area (Å²) in [6.07, 6.45) is 7.96. The second-order valence-electron chi connectivity index (χ2n) is 11.4. The standard InChI is InChI=1S/C35H33Cl2N3O3.C4H4O4/c1-3-26-8-10-27(11-9-26)23-39-16-18-40(19-17-39)34(41)15-12-28-20-25(2)35(32(37)21-28)43-33-14-13-30(22-38-33)42-24-29-6-4-5-7-31(29)36;5-3(6)1-2-4(7)8/h3-15,20-22H,1,16-19,23-24H2,2H3;1-2H,(H,5,6)(H,7,8)/b15-12+;2-1-. The molecule has 4 aromatic rings. The second kappa shape index (κ2) is 19.1. The molecule has 1 aliphatic rings. The zero-order valence-corrected chi connectivity index (χ0v) is 29.4. The van der Waals surface area contributed by atoms with Gasteiger partial charge in [-0.05, 0) is 59.5 Å². The number of aromatic nitrogens is 1. The first-order chi connectivity index (χ1) is 24.5. The van der Waals surface area contributed by atoms with Crippen LogP contribution in [-0.4, -0.2) is 69.0 Å². The van der Waals surface area contributed by atoms with Gasteiger partial charge in [0.15, 0.2) is 5.75 Å². The third-order valence-electron chi connectivity index (χ3n) is 7.61. The van der Waals surface area contributed by atoms with Crippen molar-refractivity contribution in [1.29, 1.82) is 0 Å². The maximum absolute atomic E-state index is 12.9. The molecule has 51 heavy (non-hydrogen) atoms. The molecule has 0 atom stereocenters. The van der Waals surface area contributed by atoms with Gasteiger partial charge in [-0.2, -0.15) is 0 Å².